The molecule has 0 aliphatic heterocycles. The Bertz CT molecular complexity index is 1000. The number of hydrogen-bond acceptors (Lipinski definition) is 5. The van der Waals surface area contributed by atoms with E-state index in [0.717, 1.165) is 0 Å². The van der Waals surface area contributed by atoms with E-state index in [2.05, 4.69) is 10.3 Å². The molecule has 28 heavy (non-hydrogen) atoms. The molecule has 144 valence electrons. The Hall–Kier alpha value is -3.06. The molecule has 0 aliphatic carbocycles. The zero-order chi connectivity index (χ0) is 19.9. The van der Waals surface area contributed by atoms with Crippen LogP contribution in [0.25, 0.3) is 10.9 Å². The number of fused-ring (bicyclic) bond motifs is 1. The fourth-order valence-corrected chi connectivity index (χ4v) is 3.98. The van der Waals surface area contributed by atoms with Crippen LogP contribution in [0.3, 0.4) is 0 Å². The Labute approximate surface area is 165 Å². The number of aromatic nitrogens is 1. The van der Waals surface area contributed by atoms with Crippen LogP contribution >= 0.6 is 0 Å². The predicted octanol–water partition coefficient (Wildman–Crippen LogP) is 2.70. The molecule has 0 radical (unpaired) electrons. The minimum Gasteiger partial charge on any atom is -0.467 e. The van der Waals surface area contributed by atoms with Gasteiger partial charge in [-0.1, -0.05) is 36.4 Å². The summed E-state index contributed by atoms with van der Waals surface area (Å²) in [6.07, 6.45) is 1.75. The Kier molecular flexibility index (Phi) is 6.49. The minimum absolute atomic E-state index is 0.197. The van der Waals surface area contributed by atoms with Gasteiger partial charge in [0.25, 0.3) is 5.91 Å². The summed E-state index contributed by atoms with van der Waals surface area (Å²) < 4.78 is 17.2. The summed E-state index contributed by atoms with van der Waals surface area (Å²) in [6, 6.07) is 17.0. The minimum atomic E-state index is -1.27. The van der Waals surface area contributed by atoms with E-state index >= 15 is 0 Å². The average Bonchev–Trinajstić information content (AvgIpc) is 2.75. The lowest BCUT2D eigenvalue weighted by Gasteiger charge is -2.17. The maximum absolute atomic E-state index is 12.8. The van der Waals surface area contributed by atoms with Crippen molar-refractivity contribution in [3.63, 3.8) is 0 Å². The Morgan fingerprint density at radius 2 is 1.79 bits per heavy atom. The molecule has 0 fully saturated rings. The van der Waals surface area contributed by atoms with Gasteiger partial charge >= 0.3 is 5.97 Å². The summed E-state index contributed by atoms with van der Waals surface area (Å²) >= 11 is 0. The second-order valence-corrected chi connectivity index (χ2v) is 7.65. The van der Waals surface area contributed by atoms with E-state index in [0.29, 0.717) is 21.4 Å². The summed E-state index contributed by atoms with van der Waals surface area (Å²) in [5.74, 6) is -0.752. The lowest BCUT2D eigenvalue weighted by molar-refractivity contribution is -0.142. The van der Waals surface area contributed by atoms with Crippen molar-refractivity contribution in [3.8, 4) is 0 Å². The third-order valence-corrected chi connectivity index (χ3v) is 5.69. The Morgan fingerprint density at radius 1 is 1.07 bits per heavy atom. The van der Waals surface area contributed by atoms with Crippen LogP contribution in [-0.4, -0.2) is 40.0 Å². The summed E-state index contributed by atoms with van der Waals surface area (Å²) in [5.41, 5.74) is 1.11. The largest absolute Gasteiger partial charge is 0.467 e. The quantitative estimate of drug-likeness (QED) is 0.621. The molecule has 6 nitrogen and oxygen atoms in total. The highest BCUT2D eigenvalue weighted by molar-refractivity contribution is 7.85. The number of hydrogen-bond donors (Lipinski definition) is 1. The predicted molar refractivity (Wildman–Crippen MR) is 107 cm³/mol. The molecule has 7 heteroatoms. The molecule has 1 N–H and O–H groups in total. The molecule has 1 aromatic heterocycles. The van der Waals surface area contributed by atoms with Gasteiger partial charge in [-0.2, -0.15) is 0 Å². The normalized spacial score (nSPS) is 12.9. The van der Waals surface area contributed by atoms with Crippen molar-refractivity contribution < 1.29 is 18.5 Å². The number of nitrogens with zero attached hydrogens (tertiary/aromatic N) is 1. The Balaban J connectivity index is 1.74. The molecule has 3 rings (SSSR count). The molecule has 0 saturated carbocycles. The molecule has 0 aliphatic rings. The van der Waals surface area contributed by atoms with Gasteiger partial charge < -0.3 is 10.1 Å². The van der Waals surface area contributed by atoms with E-state index in [1.807, 2.05) is 24.3 Å². The molecule has 0 bridgehead atoms. The lowest BCUT2D eigenvalue weighted by Crippen LogP contribution is -2.42. The van der Waals surface area contributed by atoms with Gasteiger partial charge in [-0.05, 0) is 30.7 Å². The molecule has 1 heterocycles. The number of esters is 1. The fourth-order valence-electron chi connectivity index (χ4n) is 2.84. The molecular weight excluding hydrogens is 376 g/mol. The molecule has 2 aromatic carbocycles. The third-order valence-electron chi connectivity index (χ3n) is 4.28. The first kappa shape index (κ1) is 19.7. The van der Waals surface area contributed by atoms with Gasteiger partial charge in [-0.3, -0.25) is 14.0 Å². The lowest BCUT2D eigenvalue weighted by atomic mass is 10.1. The first-order valence-corrected chi connectivity index (χ1v) is 10.1. The first-order chi connectivity index (χ1) is 13.6. The van der Waals surface area contributed by atoms with E-state index in [4.69, 9.17) is 4.74 Å². The molecule has 0 spiro atoms. The number of nitrogens with one attached hydrogen (secondary N) is 1. The number of amides is 1. The highest BCUT2D eigenvalue weighted by Crippen LogP contribution is 2.16. The first-order valence-electron chi connectivity index (χ1n) is 8.76. The number of benzene rings is 2. The van der Waals surface area contributed by atoms with E-state index in [1.165, 1.54) is 7.11 Å². The maximum Gasteiger partial charge on any atom is 0.328 e. The van der Waals surface area contributed by atoms with Crippen molar-refractivity contribution >= 4 is 33.6 Å². The van der Waals surface area contributed by atoms with Crippen LogP contribution in [0.4, 0.5) is 0 Å². The van der Waals surface area contributed by atoms with E-state index in [9.17, 15) is 13.8 Å². The van der Waals surface area contributed by atoms with Gasteiger partial charge in [0.1, 0.15) is 6.04 Å². The van der Waals surface area contributed by atoms with E-state index in [1.54, 1.807) is 42.6 Å². The van der Waals surface area contributed by atoms with Crippen molar-refractivity contribution in [2.24, 2.45) is 0 Å². The van der Waals surface area contributed by atoms with Crippen LogP contribution < -0.4 is 5.32 Å². The fraction of sp³-hybridized carbons (Fsp3) is 0.190. The second-order valence-electron chi connectivity index (χ2n) is 6.08. The van der Waals surface area contributed by atoms with Crippen molar-refractivity contribution in [2.45, 2.75) is 17.4 Å². The van der Waals surface area contributed by atoms with Gasteiger partial charge in [0.2, 0.25) is 0 Å². The second kappa shape index (κ2) is 9.23. The number of carbonyl (C=O) groups is 2. The Morgan fingerprint density at radius 3 is 2.54 bits per heavy atom. The topological polar surface area (TPSA) is 85.4 Å². The van der Waals surface area contributed by atoms with Crippen LogP contribution in [0, 0.1) is 0 Å². The van der Waals surface area contributed by atoms with Crippen LogP contribution in [0.15, 0.2) is 71.8 Å². The van der Waals surface area contributed by atoms with Gasteiger partial charge in [0.05, 0.1) is 29.0 Å². The third kappa shape index (κ3) is 4.61. The SMILES string of the molecule is COC(=O)[C@@H](CC[S@@](=O)c1ccccc1)NC(=O)c1ccnc2ccccc12. The van der Waals surface area contributed by atoms with Gasteiger partial charge in [-0.25, -0.2) is 4.79 Å². The molecule has 2 atom stereocenters. The number of pyridine rings is 1. The van der Waals surface area contributed by atoms with Crippen molar-refractivity contribution in [3.05, 3.63) is 72.4 Å². The van der Waals surface area contributed by atoms with Gasteiger partial charge in [0, 0.05) is 22.2 Å². The standard InChI is InChI=1S/C21H20N2O4S/c1-27-21(25)19(12-14-28(26)15-7-3-2-4-8-15)23-20(24)17-11-13-22-18-10-6-5-9-16(17)18/h2-11,13,19H,12,14H2,1H3,(H,23,24)/t19-,28-/m1/s1. The molecule has 0 saturated heterocycles. The summed E-state index contributed by atoms with van der Waals surface area (Å²) in [7, 11) is -0.0118. The number of methoxy groups -OCH3 is 1. The van der Waals surface area contributed by atoms with Crippen molar-refractivity contribution in [1.82, 2.24) is 10.3 Å². The number of rotatable bonds is 7. The summed E-state index contributed by atoms with van der Waals surface area (Å²) in [4.78, 5) is 29.8. The van der Waals surface area contributed by atoms with Crippen LogP contribution in [0.1, 0.15) is 16.8 Å². The smallest absolute Gasteiger partial charge is 0.328 e. The zero-order valence-corrected chi connectivity index (χ0v) is 16.1. The molecule has 0 unspecified atom stereocenters. The molecular formula is C21H20N2O4S. The number of ether oxygens (including phenoxy) is 1. The molecule has 3 aromatic rings. The highest BCUT2D eigenvalue weighted by atomic mass is 32.2. The monoisotopic (exact) mass is 396 g/mol. The van der Waals surface area contributed by atoms with Crippen molar-refractivity contribution in [2.75, 3.05) is 12.9 Å². The summed E-state index contributed by atoms with van der Waals surface area (Å²) in [6.45, 7) is 0. The molecule has 1 amide bonds. The van der Waals surface area contributed by atoms with Gasteiger partial charge in [0.15, 0.2) is 0 Å². The van der Waals surface area contributed by atoms with E-state index < -0.39 is 28.7 Å². The van der Waals surface area contributed by atoms with Crippen molar-refractivity contribution in [1.29, 1.82) is 0 Å². The van der Waals surface area contributed by atoms with Crippen LogP contribution in [0.5, 0.6) is 0 Å². The van der Waals surface area contributed by atoms with Crippen LogP contribution in [0.2, 0.25) is 0 Å². The van der Waals surface area contributed by atoms with Crippen LogP contribution in [-0.2, 0) is 20.3 Å². The number of carbonyl (C=O) groups excluding carboxylic acids is 2. The summed E-state index contributed by atoms with van der Waals surface area (Å²) in [5, 5.41) is 3.40. The van der Waals surface area contributed by atoms with E-state index in [-0.39, 0.29) is 12.2 Å². The number of para-hydroxylation sites is 1. The zero-order valence-electron chi connectivity index (χ0n) is 15.3. The maximum atomic E-state index is 12.8. The average molecular weight is 396 g/mol. The highest BCUT2D eigenvalue weighted by Gasteiger charge is 2.24. The van der Waals surface area contributed by atoms with Gasteiger partial charge in [-0.15, -0.1) is 0 Å².